The number of rotatable bonds is 4. The molecule has 0 bridgehead atoms. The second-order valence-corrected chi connectivity index (χ2v) is 3.89. The predicted molar refractivity (Wildman–Crippen MR) is 71.0 cm³/mol. The van der Waals surface area contributed by atoms with Crippen LogP contribution in [0, 0.1) is 11.6 Å². The molecule has 6 heteroatoms. The summed E-state index contributed by atoms with van der Waals surface area (Å²) in [5.41, 5.74) is 2.84. The maximum absolute atomic E-state index is 13.3. The Morgan fingerprint density at radius 3 is 2.65 bits per heavy atom. The average Bonchev–Trinajstić information content (AvgIpc) is 2.41. The first-order valence-electron chi connectivity index (χ1n) is 5.64. The number of halogens is 2. The Labute approximate surface area is 113 Å². The lowest BCUT2D eigenvalue weighted by atomic mass is 10.1. The molecular weight excluding hydrogens is 266 g/mol. The van der Waals surface area contributed by atoms with E-state index < -0.39 is 17.6 Å². The van der Waals surface area contributed by atoms with Gasteiger partial charge >= 0.3 is 5.97 Å². The maximum atomic E-state index is 13.3. The van der Waals surface area contributed by atoms with Gasteiger partial charge in [0.25, 0.3) is 0 Å². The molecule has 20 heavy (non-hydrogen) atoms. The lowest BCUT2D eigenvalue weighted by molar-refractivity contribution is 0.0697. The van der Waals surface area contributed by atoms with Crippen molar-refractivity contribution in [2.45, 2.75) is 0 Å². The standard InChI is InChI=1S/C14H10F2N2O2/c15-10-5-6-13(12(16)7-10)18-17-8-9-3-1-2-4-11(9)14(19)20/h1-8,18H,(H,19,20)/b17-8+. The summed E-state index contributed by atoms with van der Waals surface area (Å²) in [5, 5.41) is 12.7. The fraction of sp³-hybridized carbons (Fsp3) is 0. The van der Waals surface area contributed by atoms with Crippen molar-refractivity contribution in [1.82, 2.24) is 0 Å². The summed E-state index contributed by atoms with van der Waals surface area (Å²) in [4.78, 5) is 11.0. The second-order valence-electron chi connectivity index (χ2n) is 3.89. The predicted octanol–water partition coefficient (Wildman–Crippen LogP) is 3.11. The van der Waals surface area contributed by atoms with Crippen molar-refractivity contribution in [1.29, 1.82) is 0 Å². The first-order valence-corrected chi connectivity index (χ1v) is 5.64. The van der Waals surface area contributed by atoms with E-state index >= 15 is 0 Å². The number of anilines is 1. The summed E-state index contributed by atoms with van der Waals surface area (Å²) >= 11 is 0. The molecule has 2 aromatic rings. The normalized spacial score (nSPS) is 10.7. The zero-order chi connectivity index (χ0) is 14.5. The Bertz CT molecular complexity index is 672. The van der Waals surface area contributed by atoms with E-state index in [-0.39, 0.29) is 11.3 Å². The molecule has 0 heterocycles. The molecule has 102 valence electrons. The van der Waals surface area contributed by atoms with E-state index in [1.54, 1.807) is 18.2 Å². The average molecular weight is 276 g/mol. The fourth-order valence-corrected chi connectivity index (χ4v) is 1.56. The molecule has 0 amide bonds. The van der Waals surface area contributed by atoms with E-state index in [2.05, 4.69) is 10.5 Å². The highest BCUT2D eigenvalue weighted by atomic mass is 19.1. The summed E-state index contributed by atoms with van der Waals surface area (Å²) in [6.45, 7) is 0. The Balaban J connectivity index is 2.16. The van der Waals surface area contributed by atoms with Gasteiger partial charge < -0.3 is 5.11 Å². The number of carboxylic acids is 1. The molecule has 0 aliphatic rings. The van der Waals surface area contributed by atoms with Gasteiger partial charge in [0, 0.05) is 11.6 Å². The van der Waals surface area contributed by atoms with Crippen molar-refractivity contribution in [3.63, 3.8) is 0 Å². The maximum Gasteiger partial charge on any atom is 0.336 e. The van der Waals surface area contributed by atoms with Crippen LogP contribution in [0.5, 0.6) is 0 Å². The lowest BCUT2D eigenvalue weighted by Gasteiger charge is -2.03. The summed E-state index contributed by atoms with van der Waals surface area (Å²) in [5.74, 6) is -2.55. The van der Waals surface area contributed by atoms with Crippen LogP contribution < -0.4 is 5.43 Å². The smallest absolute Gasteiger partial charge is 0.336 e. The van der Waals surface area contributed by atoms with E-state index in [0.29, 0.717) is 5.56 Å². The molecule has 2 aromatic carbocycles. The highest BCUT2D eigenvalue weighted by Crippen LogP contribution is 2.14. The Morgan fingerprint density at radius 2 is 1.95 bits per heavy atom. The molecule has 0 saturated heterocycles. The topological polar surface area (TPSA) is 61.7 Å². The summed E-state index contributed by atoms with van der Waals surface area (Å²) in [7, 11) is 0. The molecule has 0 atom stereocenters. The summed E-state index contributed by atoms with van der Waals surface area (Å²) in [6.07, 6.45) is 1.26. The quantitative estimate of drug-likeness (QED) is 0.666. The summed E-state index contributed by atoms with van der Waals surface area (Å²) < 4.78 is 26.0. The number of carboxylic acid groups (broad SMARTS) is 1. The van der Waals surface area contributed by atoms with Crippen LogP contribution in [0.1, 0.15) is 15.9 Å². The monoisotopic (exact) mass is 276 g/mol. The SMILES string of the molecule is O=C(O)c1ccccc1/C=N/Nc1ccc(F)cc1F. The van der Waals surface area contributed by atoms with Crippen LogP contribution in [-0.4, -0.2) is 17.3 Å². The molecule has 0 aliphatic heterocycles. The van der Waals surface area contributed by atoms with E-state index in [0.717, 1.165) is 12.1 Å². The third-order valence-corrected chi connectivity index (χ3v) is 2.51. The lowest BCUT2D eigenvalue weighted by Crippen LogP contribution is -2.02. The van der Waals surface area contributed by atoms with Crippen LogP contribution in [0.3, 0.4) is 0 Å². The Morgan fingerprint density at radius 1 is 1.20 bits per heavy atom. The molecule has 0 unspecified atom stereocenters. The molecule has 4 nitrogen and oxygen atoms in total. The number of nitrogens with zero attached hydrogens (tertiary/aromatic N) is 1. The first-order chi connectivity index (χ1) is 9.58. The third kappa shape index (κ3) is 3.17. The second kappa shape index (κ2) is 5.92. The van der Waals surface area contributed by atoms with Crippen molar-refractivity contribution in [3.05, 3.63) is 65.2 Å². The van der Waals surface area contributed by atoms with E-state index in [9.17, 15) is 13.6 Å². The number of nitrogens with one attached hydrogen (secondary N) is 1. The fourth-order valence-electron chi connectivity index (χ4n) is 1.56. The van der Waals surface area contributed by atoms with Crippen molar-refractivity contribution in [3.8, 4) is 0 Å². The minimum Gasteiger partial charge on any atom is -0.478 e. The number of aromatic carboxylic acids is 1. The van der Waals surface area contributed by atoms with E-state index in [4.69, 9.17) is 5.11 Å². The van der Waals surface area contributed by atoms with E-state index in [1.807, 2.05) is 0 Å². The Hall–Kier alpha value is -2.76. The highest BCUT2D eigenvalue weighted by Gasteiger charge is 2.07. The minimum absolute atomic E-state index is 0.00421. The number of hydrogen-bond donors (Lipinski definition) is 2. The van der Waals surface area contributed by atoms with Gasteiger partial charge in [0.05, 0.1) is 17.5 Å². The van der Waals surface area contributed by atoms with E-state index in [1.165, 1.54) is 18.3 Å². The van der Waals surface area contributed by atoms with Gasteiger partial charge in [-0.25, -0.2) is 13.6 Å². The van der Waals surface area contributed by atoms with Crippen LogP contribution in [-0.2, 0) is 0 Å². The highest BCUT2D eigenvalue weighted by molar-refractivity contribution is 5.98. The van der Waals surface area contributed by atoms with Crippen LogP contribution in [0.2, 0.25) is 0 Å². The molecule has 0 radical (unpaired) electrons. The largest absolute Gasteiger partial charge is 0.478 e. The van der Waals surface area contributed by atoms with Gasteiger partial charge in [-0.1, -0.05) is 18.2 Å². The zero-order valence-corrected chi connectivity index (χ0v) is 10.2. The molecule has 0 aromatic heterocycles. The van der Waals surface area contributed by atoms with Crippen LogP contribution >= 0.6 is 0 Å². The number of hydrogen-bond acceptors (Lipinski definition) is 3. The number of benzene rings is 2. The van der Waals surface area contributed by atoms with Gasteiger partial charge in [-0.3, -0.25) is 5.43 Å². The molecule has 0 saturated carbocycles. The van der Waals surface area contributed by atoms with Gasteiger partial charge in [0.2, 0.25) is 0 Å². The Kier molecular flexibility index (Phi) is 4.05. The van der Waals surface area contributed by atoms with Gasteiger partial charge in [0.15, 0.2) is 5.82 Å². The molecule has 0 fully saturated rings. The zero-order valence-electron chi connectivity index (χ0n) is 10.2. The van der Waals surface area contributed by atoms with Crippen molar-refractivity contribution >= 4 is 17.9 Å². The molecule has 2 rings (SSSR count). The number of carbonyl (C=O) groups is 1. The van der Waals surface area contributed by atoms with Gasteiger partial charge in [-0.05, 0) is 18.2 Å². The first kappa shape index (κ1) is 13.7. The van der Waals surface area contributed by atoms with Crippen molar-refractivity contribution < 1.29 is 18.7 Å². The van der Waals surface area contributed by atoms with Crippen LogP contribution in [0.25, 0.3) is 0 Å². The summed E-state index contributed by atoms with van der Waals surface area (Å²) in [6, 6.07) is 9.26. The van der Waals surface area contributed by atoms with Crippen molar-refractivity contribution in [2.24, 2.45) is 5.10 Å². The third-order valence-electron chi connectivity index (χ3n) is 2.51. The molecule has 2 N–H and O–H groups in total. The van der Waals surface area contributed by atoms with Gasteiger partial charge in [-0.2, -0.15) is 5.10 Å². The van der Waals surface area contributed by atoms with Gasteiger partial charge in [0.1, 0.15) is 5.82 Å². The molecule has 0 spiro atoms. The minimum atomic E-state index is -1.08. The van der Waals surface area contributed by atoms with Crippen LogP contribution in [0.4, 0.5) is 14.5 Å². The van der Waals surface area contributed by atoms with Gasteiger partial charge in [-0.15, -0.1) is 0 Å². The molecule has 0 aliphatic carbocycles. The van der Waals surface area contributed by atoms with Crippen LogP contribution in [0.15, 0.2) is 47.6 Å². The van der Waals surface area contributed by atoms with Crippen molar-refractivity contribution in [2.75, 3.05) is 5.43 Å². The molecular formula is C14H10F2N2O2. The number of hydrazone groups is 1.